The topological polar surface area (TPSA) is 45.9 Å². The van der Waals surface area contributed by atoms with E-state index in [4.69, 9.17) is 21.6 Å². The van der Waals surface area contributed by atoms with Crippen molar-refractivity contribution in [2.24, 2.45) is 0 Å². The molecule has 0 unspecified atom stereocenters. The molecule has 0 amide bonds. The van der Waals surface area contributed by atoms with E-state index in [1.165, 1.54) is 0 Å². The molecule has 0 N–H and O–H groups in total. The molecule has 4 heteroatoms. The van der Waals surface area contributed by atoms with Crippen molar-refractivity contribution in [3.63, 3.8) is 0 Å². The van der Waals surface area contributed by atoms with E-state index >= 15 is 0 Å². The number of pyridine rings is 1. The molecular weight excluding hydrogens is 224 g/mol. The summed E-state index contributed by atoms with van der Waals surface area (Å²) in [5.41, 5.74) is 3.13. The summed E-state index contributed by atoms with van der Waals surface area (Å²) in [7, 11) is 0. The Labute approximate surface area is 100 Å². The van der Waals surface area contributed by atoms with Crippen LogP contribution in [-0.2, 0) is 17.8 Å². The molecule has 1 aliphatic heterocycles. The van der Waals surface area contributed by atoms with E-state index in [0.29, 0.717) is 23.7 Å². The fourth-order valence-electron chi connectivity index (χ4n) is 2.01. The summed E-state index contributed by atoms with van der Waals surface area (Å²) in [6.07, 6.45) is 0.703. The first kappa shape index (κ1) is 11.4. The van der Waals surface area contributed by atoms with Gasteiger partial charge in [-0.2, -0.15) is 5.26 Å². The molecule has 0 atom stereocenters. The number of ether oxygens (including phenoxy) is 1. The number of hydrogen-bond donors (Lipinski definition) is 0. The molecule has 84 valence electrons. The monoisotopic (exact) mass is 236 g/mol. The average molecular weight is 237 g/mol. The fraction of sp³-hybridized carbons (Fsp3) is 0.500. The molecule has 0 aromatic carbocycles. The van der Waals surface area contributed by atoms with Crippen molar-refractivity contribution in [3.05, 3.63) is 27.5 Å². The number of hydrogen-bond acceptors (Lipinski definition) is 3. The SMILES string of the molecule is Cc1nc(Cl)c(C#N)c2c1COC(C)(C)C2. The summed E-state index contributed by atoms with van der Waals surface area (Å²) in [4.78, 5) is 4.17. The summed E-state index contributed by atoms with van der Waals surface area (Å²) >= 11 is 5.99. The molecule has 0 spiro atoms. The Morgan fingerprint density at radius 2 is 2.12 bits per heavy atom. The van der Waals surface area contributed by atoms with Crippen molar-refractivity contribution < 1.29 is 4.74 Å². The summed E-state index contributed by atoms with van der Waals surface area (Å²) < 4.78 is 5.72. The van der Waals surface area contributed by atoms with Crippen molar-refractivity contribution >= 4 is 11.6 Å². The largest absolute Gasteiger partial charge is 0.370 e. The Bertz CT molecular complexity index is 489. The summed E-state index contributed by atoms with van der Waals surface area (Å²) in [6, 6.07) is 2.14. The molecule has 0 aliphatic carbocycles. The zero-order valence-electron chi connectivity index (χ0n) is 9.59. The van der Waals surface area contributed by atoms with E-state index in [-0.39, 0.29) is 5.60 Å². The zero-order valence-corrected chi connectivity index (χ0v) is 10.4. The van der Waals surface area contributed by atoms with Gasteiger partial charge in [-0.1, -0.05) is 11.6 Å². The van der Waals surface area contributed by atoms with Crippen molar-refractivity contribution in [1.82, 2.24) is 4.98 Å². The lowest BCUT2D eigenvalue weighted by atomic mass is 9.89. The molecular formula is C12H13ClN2O. The summed E-state index contributed by atoms with van der Waals surface area (Å²) in [5, 5.41) is 9.42. The van der Waals surface area contributed by atoms with Crippen LogP contribution in [0.1, 0.15) is 36.2 Å². The Balaban J connectivity index is 2.65. The molecule has 1 aliphatic rings. The number of aryl methyl sites for hydroxylation is 1. The highest BCUT2D eigenvalue weighted by Gasteiger charge is 2.30. The van der Waals surface area contributed by atoms with Gasteiger partial charge in [-0.05, 0) is 26.3 Å². The Morgan fingerprint density at radius 3 is 2.75 bits per heavy atom. The molecule has 0 bridgehead atoms. The second-order valence-electron chi connectivity index (χ2n) is 4.66. The van der Waals surface area contributed by atoms with E-state index in [1.54, 1.807) is 0 Å². The second-order valence-corrected chi connectivity index (χ2v) is 5.02. The van der Waals surface area contributed by atoms with Gasteiger partial charge in [0, 0.05) is 17.7 Å². The van der Waals surface area contributed by atoms with Crippen LogP contribution in [0, 0.1) is 18.3 Å². The third kappa shape index (κ3) is 1.79. The fourth-order valence-corrected chi connectivity index (χ4v) is 2.29. The van der Waals surface area contributed by atoms with E-state index < -0.39 is 0 Å². The number of aromatic nitrogens is 1. The first-order chi connectivity index (χ1) is 7.44. The van der Waals surface area contributed by atoms with Crippen molar-refractivity contribution in [2.45, 2.75) is 39.4 Å². The number of halogens is 1. The Hall–Kier alpha value is -1.11. The van der Waals surface area contributed by atoms with Gasteiger partial charge in [-0.3, -0.25) is 0 Å². The predicted molar refractivity (Wildman–Crippen MR) is 61.3 cm³/mol. The maximum atomic E-state index is 9.12. The van der Waals surface area contributed by atoms with Crippen LogP contribution in [0.3, 0.4) is 0 Å². The average Bonchev–Trinajstić information content (AvgIpc) is 2.16. The van der Waals surface area contributed by atoms with Crippen molar-refractivity contribution in [3.8, 4) is 6.07 Å². The van der Waals surface area contributed by atoms with Gasteiger partial charge in [0.05, 0.1) is 17.8 Å². The molecule has 1 aromatic heterocycles. The van der Waals surface area contributed by atoms with E-state index in [1.807, 2.05) is 20.8 Å². The summed E-state index contributed by atoms with van der Waals surface area (Å²) in [6.45, 7) is 6.43. The smallest absolute Gasteiger partial charge is 0.147 e. The van der Waals surface area contributed by atoms with Gasteiger partial charge in [0.2, 0.25) is 0 Å². The van der Waals surface area contributed by atoms with Gasteiger partial charge in [-0.25, -0.2) is 4.98 Å². The highest BCUT2D eigenvalue weighted by molar-refractivity contribution is 6.30. The normalized spacial score (nSPS) is 17.7. The van der Waals surface area contributed by atoms with Crippen LogP contribution in [0.15, 0.2) is 0 Å². The number of nitrogens with zero attached hydrogens (tertiary/aromatic N) is 2. The number of fused-ring (bicyclic) bond motifs is 1. The van der Waals surface area contributed by atoms with Crippen LogP contribution in [0.25, 0.3) is 0 Å². The molecule has 1 aromatic rings. The number of nitriles is 1. The van der Waals surface area contributed by atoms with Crippen molar-refractivity contribution in [1.29, 1.82) is 5.26 Å². The Kier molecular flexibility index (Phi) is 2.65. The first-order valence-electron chi connectivity index (χ1n) is 5.16. The van der Waals surface area contributed by atoms with Crippen LogP contribution >= 0.6 is 11.6 Å². The van der Waals surface area contributed by atoms with Crippen LogP contribution in [0.5, 0.6) is 0 Å². The lowest BCUT2D eigenvalue weighted by Crippen LogP contribution is -2.33. The first-order valence-corrected chi connectivity index (χ1v) is 5.54. The molecule has 3 nitrogen and oxygen atoms in total. The maximum absolute atomic E-state index is 9.12. The second kappa shape index (κ2) is 3.73. The third-order valence-electron chi connectivity index (χ3n) is 2.90. The zero-order chi connectivity index (χ0) is 11.9. The minimum atomic E-state index is -0.240. The minimum absolute atomic E-state index is 0.240. The van der Waals surface area contributed by atoms with Crippen molar-refractivity contribution in [2.75, 3.05) is 0 Å². The highest BCUT2D eigenvalue weighted by atomic mass is 35.5. The quantitative estimate of drug-likeness (QED) is 0.651. The molecule has 2 rings (SSSR count). The Morgan fingerprint density at radius 1 is 1.44 bits per heavy atom. The molecule has 16 heavy (non-hydrogen) atoms. The standard InChI is InChI=1S/C12H13ClN2O/c1-7-10-6-16-12(2,3)4-8(10)9(5-14)11(13)15-7/h4,6H2,1-3H3. The molecule has 0 fully saturated rings. The van der Waals surface area contributed by atoms with Gasteiger partial charge in [0.15, 0.2) is 0 Å². The lowest BCUT2D eigenvalue weighted by molar-refractivity contribution is -0.0406. The van der Waals surface area contributed by atoms with Crippen LogP contribution < -0.4 is 0 Å². The lowest BCUT2D eigenvalue weighted by Gasteiger charge is -2.33. The molecule has 0 radical (unpaired) electrons. The highest BCUT2D eigenvalue weighted by Crippen LogP contribution is 2.33. The third-order valence-corrected chi connectivity index (χ3v) is 3.17. The van der Waals surface area contributed by atoms with Crippen LogP contribution in [0.2, 0.25) is 5.15 Å². The van der Waals surface area contributed by atoms with E-state index in [9.17, 15) is 0 Å². The molecule has 0 saturated heterocycles. The molecule has 2 heterocycles. The van der Waals surface area contributed by atoms with E-state index in [2.05, 4.69) is 11.1 Å². The van der Waals surface area contributed by atoms with Gasteiger partial charge >= 0.3 is 0 Å². The number of rotatable bonds is 0. The predicted octanol–water partition coefficient (Wildman–Crippen LogP) is 2.77. The van der Waals surface area contributed by atoms with Gasteiger partial charge in [-0.15, -0.1) is 0 Å². The minimum Gasteiger partial charge on any atom is -0.370 e. The van der Waals surface area contributed by atoms with Crippen LogP contribution in [0.4, 0.5) is 0 Å². The van der Waals surface area contributed by atoms with Gasteiger partial charge in [0.1, 0.15) is 11.2 Å². The van der Waals surface area contributed by atoms with E-state index in [0.717, 1.165) is 16.8 Å². The van der Waals surface area contributed by atoms with Gasteiger partial charge in [0.25, 0.3) is 0 Å². The van der Waals surface area contributed by atoms with Crippen LogP contribution in [-0.4, -0.2) is 10.6 Å². The molecule has 0 saturated carbocycles. The van der Waals surface area contributed by atoms with Gasteiger partial charge < -0.3 is 4.74 Å². The maximum Gasteiger partial charge on any atom is 0.147 e. The summed E-state index contributed by atoms with van der Waals surface area (Å²) in [5.74, 6) is 0.